The van der Waals surface area contributed by atoms with Gasteiger partial charge >= 0.3 is 12.4 Å². The van der Waals surface area contributed by atoms with Crippen molar-refractivity contribution in [2.75, 3.05) is 6.54 Å². The third-order valence-corrected chi connectivity index (χ3v) is 8.65. The molecule has 6 atom stereocenters. The van der Waals surface area contributed by atoms with Gasteiger partial charge < -0.3 is 14.7 Å². The largest absolute Gasteiger partial charge is 0.416 e. The third kappa shape index (κ3) is 5.88. The monoisotopic (exact) mass is 585 g/mol. The maximum atomic E-state index is 14.0. The Hall–Kier alpha value is -2.92. The summed E-state index contributed by atoms with van der Waals surface area (Å²) in [6.07, 6.45) is -9.41. The molecule has 5 rings (SSSR count). The number of alkyl halides is 6. The van der Waals surface area contributed by atoms with Gasteiger partial charge in [-0.3, -0.25) is 4.79 Å². The van der Waals surface area contributed by atoms with Crippen molar-refractivity contribution in [3.63, 3.8) is 0 Å². The van der Waals surface area contributed by atoms with Gasteiger partial charge in [-0.25, -0.2) is 4.39 Å². The highest BCUT2D eigenvalue weighted by molar-refractivity contribution is 5.92. The molecule has 1 heterocycles. The van der Waals surface area contributed by atoms with E-state index in [1.165, 1.54) is 25.1 Å². The Balaban J connectivity index is 1.50. The SMILES string of the molecule is Cc1cc(F)ccc1[C@H]1[C@@H]2C(O)N(C3=CC(=O)CC3)C[C@H]2CC[C@@H]1O[C@H](C)c1cc(C(F)(F)F)cc(C(F)(F)F)c1. The van der Waals surface area contributed by atoms with Gasteiger partial charge in [0.2, 0.25) is 0 Å². The normalized spacial score (nSPS) is 27.7. The van der Waals surface area contributed by atoms with Gasteiger partial charge in [0.1, 0.15) is 12.0 Å². The standard InChI is InChI=1S/C30H30F7NO3/c1-15-9-21(31)4-7-24(15)27-25(8-3-17-14-38(28(40)26(17)27)22-5-6-23(39)13-22)41-16(2)18-10-19(29(32,33)34)12-20(11-18)30(35,36)37/h4,7,9-13,16-17,25-28,40H,3,5-6,8,14H2,1-2H3/t16-,17-,25+,26-,27-,28?/m1/s1. The lowest BCUT2D eigenvalue weighted by Crippen LogP contribution is -2.42. The van der Waals surface area contributed by atoms with Crippen molar-refractivity contribution in [2.24, 2.45) is 11.8 Å². The fourth-order valence-corrected chi connectivity index (χ4v) is 6.72. The zero-order valence-electron chi connectivity index (χ0n) is 22.4. The predicted octanol–water partition coefficient (Wildman–Crippen LogP) is 7.31. The number of ether oxygens (including phenoxy) is 1. The number of benzene rings is 2. The number of allylic oxidation sites excluding steroid dienone is 2. The Kier molecular flexibility index (Phi) is 7.74. The molecule has 11 heteroatoms. The molecule has 1 N–H and O–H groups in total. The van der Waals surface area contributed by atoms with Gasteiger partial charge in [-0.05, 0) is 86.1 Å². The Morgan fingerprint density at radius 1 is 0.976 bits per heavy atom. The molecule has 0 aromatic heterocycles. The molecule has 222 valence electrons. The summed E-state index contributed by atoms with van der Waals surface area (Å²) in [4.78, 5) is 13.7. The zero-order valence-corrected chi connectivity index (χ0v) is 22.4. The second-order valence-corrected chi connectivity index (χ2v) is 11.3. The first-order valence-corrected chi connectivity index (χ1v) is 13.5. The number of aliphatic hydroxyl groups excluding tert-OH is 1. The summed E-state index contributed by atoms with van der Waals surface area (Å²) in [5.41, 5.74) is -1.10. The summed E-state index contributed by atoms with van der Waals surface area (Å²) in [6, 6.07) is 5.64. The van der Waals surface area contributed by atoms with Crippen LogP contribution in [0.5, 0.6) is 0 Å². The third-order valence-electron chi connectivity index (χ3n) is 8.65. The average Bonchev–Trinajstić information content (AvgIpc) is 3.46. The zero-order chi connectivity index (χ0) is 29.9. The topological polar surface area (TPSA) is 49.8 Å². The highest BCUT2D eigenvalue weighted by Gasteiger charge is 2.52. The molecule has 1 saturated heterocycles. The summed E-state index contributed by atoms with van der Waals surface area (Å²) < 4.78 is 101. The Bertz CT molecular complexity index is 1320. The predicted molar refractivity (Wildman–Crippen MR) is 135 cm³/mol. The summed E-state index contributed by atoms with van der Waals surface area (Å²) in [6.45, 7) is 3.61. The van der Waals surface area contributed by atoms with Crippen molar-refractivity contribution in [3.05, 3.63) is 81.8 Å². The highest BCUT2D eigenvalue weighted by atomic mass is 19.4. The minimum absolute atomic E-state index is 0.0170. The van der Waals surface area contributed by atoms with E-state index in [4.69, 9.17) is 4.74 Å². The molecule has 3 aliphatic rings. The molecule has 4 nitrogen and oxygen atoms in total. The van der Waals surface area contributed by atoms with Gasteiger partial charge in [0.25, 0.3) is 0 Å². The van der Waals surface area contributed by atoms with Crippen molar-refractivity contribution >= 4 is 5.78 Å². The summed E-state index contributed by atoms with van der Waals surface area (Å²) in [5.74, 6) is -1.45. The Morgan fingerprint density at radius 2 is 1.63 bits per heavy atom. The molecule has 41 heavy (non-hydrogen) atoms. The van der Waals surface area contributed by atoms with Crippen LogP contribution in [0.2, 0.25) is 0 Å². The molecular formula is C30H30F7NO3. The van der Waals surface area contributed by atoms with E-state index in [1.54, 1.807) is 17.9 Å². The van der Waals surface area contributed by atoms with Crippen LogP contribution < -0.4 is 0 Å². The number of likely N-dealkylation sites (tertiary alicyclic amines) is 1. The number of ketones is 1. The van der Waals surface area contributed by atoms with Crippen LogP contribution in [0.1, 0.15) is 72.4 Å². The number of hydrogen-bond donors (Lipinski definition) is 1. The van der Waals surface area contributed by atoms with E-state index in [-0.39, 0.29) is 23.3 Å². The molecule has 2 aliphatic carbocycles. The van der Waals surface area contributed by atoms with Crippen molar-refractivity contribution in [1.82, 2.24) is 4.90 Å². The van der Waals surface area contributed by atoms with Crippen LogP contribution in [-0.2, 0) is 21.9 Å². The Labute approximate surface area is 232 Å². The van der Waals surface area contributed by atoms with Gasteiger partial charge in [-0.1, -0.05) is 6.07 Å². The van der Waals surface area contributed by atoms with Gasteiger partial charge in [-0.15, -0.1) is 0 Å². The van der Waals surface area contributed by atoms with Gasteiger partial charge in [0.15, 0.2) is 5.78 Å². The maximum Gasteiger partial charge on any atom is 0.416 e. The van der Waals surface area contributed by atoms with Crippen molar-refractivity contribution in [1.29, 1.82) is 0 Å². The molecule has 0 bridgehead atoms. The minimum atomic E-state index is -4.99. The second-order valence-electron chi connectivity index (χ2n) is 11.3. The van der Waals surface area contributed by atoms with Crippen molar-refractivity contribution in [3.8, 4) is 0 Å². The lowest BCUT2D eigenvalue weighted by atomic mass is 9.68. The van der Waals surface area contributed by atoms with Crippen LogP contribution in [0.25, 0.3) is 0 Å². The lowest BCUT2D eigenvalue weighted by molar-refractivity contribution is -0.143. The van der Waals surface area contributed by atoms with E-state index in [9.17, 15) is 40.6 Å². The molecular weight excluding hydrogens is 555 g/mol. The van der Waals surface area contributed by atoms with E-state index in [0.717, 1.165) is 5.70 Å². The smallest absolute Gasteiger partial charge is 0.373 e. The fraction of sp³-hybridized carbons (Fsp3) is 0.500. The number of rotatable bonds is 5. The quantitative estimate of drug-likeness (QED) is 0.374. The molecule has 1 unspecified atom stereocenters. The number of aliphatic hydroxyl groups is 1. The van der Waals surface area contributed by atoms with Crippen LogP contribution >= 0.6 is 0 Å². The summed E-state index contributed by atoms with van der Waals surface area (Å²) in [5, 5.41) is 11.5. The van der Waals surface area contributed by atoms with E-state index < -0.39 is 59.6 Å². The molecule has 2 aromatic rings. The lowest BCUT2D eigenvalue weighted by Gasteiger charge is -2.42. The van der Waals surface area contributed by atoms with Crippen LogP contribution in [0.3, 0.4) is 0 Å². The number of hydrogen-bond acceptors (Lipinski definition) is 4. The fourth-order valence-electron chi connectivity index (χ4n) is 6.72. The second kappa shape index (κ2) is 10.7. The van der Waals surface area contributed by atoms with Crippen LogP contribution in [0.4, 0.5) is 30.7 Å². The van der Waals surface area contributed by atoms with Gasteiger partial charge in [0.05, 0.1) is 23.3 Å². The summed E-state index contributed by atoms with van der Waals surface area (Å²) >= 11 is 0. The molecule has 1 aliphatic heterocycles. The van der Waals surface area contributed by atoms with E-state index in [2.05, 4.69) is 0 Å². The van der Waals surface area contributed by atoms with Crippen molar-refractivity contribution in [2.45, 2.75) is 76.2 Å². The maximum absolute atomic E-state index is 14.0. The number of carbonyl (C=O) groups excluding carboxylic acids is 1. The van der Waals surface area contributed by atoms with Crippen molar-refractivity contribution < 1.29 is 45.4 Å². The molecule has 0 radical (unpaired) electrons. The summed E-state index contributed by atoms with van der Waals surface area (Å²) in [7, 11) is 0. The number of fused-ring (bicyclic) bond motifs is 1. The molecule has 2 aromatic carbocycles. The van der Waals surface area contributed by atoms with E-state index in [1.807, 2.05) is 0 Å². The first-order chi connectivity index (χ1) is 19.1. The van der Waals surface area contributed by atoms with Crippen LogP contribution in [0, 0.1) is 24.6 Å². The molecule has 2 fully saturated rings. The number of carbonyl (C=O) groups is 1. The first-order valence-electron chi connectivity index (χ1n) is 13.5. The van der Waals surface area contributed by atoms with Gasteiger partial charge in [0, 0.05) is 36.6 Å². The van der Waals surface area contributed by atoms with Crippen LogP contribution in [0.15, 0.2) is 48.2 Å². The average molecular weight is 586 g/mol. The van der Waals surface area contributed by atoms with Crippen LogP contribution in [-0.4, -0.2) is 34.7 Å². The molecule has 1 saturated carbocycles. The first kappa shape index (κ1) is 29.6. The number of halogens is 7. The Morgan fingerprint density at radius 3 is 2.20 bits per heavy atom. The minimum Gasteiger partial charge on any atom is -0.373 e. The van der Waals surface area contributed by atoms with E-state index >= 15 is 0 Å². The van der Waals surface area contributed by atoms with Gasteiger partial charge in [-0.2, -0.15) is 26.3 Å². The number of nitrogens with zero attached hydrogens (tertiary/aromatic N) is 1. The molecule has 0 amide bonds. The van der Waals surface area contributed by atoms with E-state index in [0.29, 0.717) is 55.5 Å². The number of aryl methyl sites for hydroxylation is 1. The molecule has 0 spiro atoms. The highest BCUT2D eigenvalue weighted by Crippen LogP contribution is 2.52.